The van der Waals surface area contributed by atoms with Gasteiger partial charge in [-0.3, -0.25) is 4.79 Å². The van der Waals surface area contributed by atoms with Crippen LogP contribution in [-0.4, -0.2) is 20.6 Å². The van der Waals surface area contributed by atoms with E-state index in [4.69, 9.17) is 5.73 Å². The van der Waals surface area contributed by atoms with Crippen molar-refractivity contribution in [2.24, 2.45) is 12.8 Å². The molecule has 94 valence electrons. The second-order valence-electron chi connectivity index (χ2n) is 4.88. The van der Waals surface area contributed by atoms with Gasteiger partial charge in [-0.15, -0.1) is 0 Å². The quantitative estimate of drug-likeness (QED) is 0.771. The summed E-state index contributed by atoms with van der Waals surface area (Å²) in [5.41, 5.74) is 8.95. The lowest BCUT2D eigenvalue weighted by atomic mass is 9.97. The largest absolute Gasteiger partial charge is 0.342 e. The zero-order valence-electron chi connectivity index (χ0n) is 10.3. The second-order valence-corrected chi connectivity index (χ2v) is 4.88. The van der Waals surface area contributed by atoms with Gasteiger partial charge in [-0.25, -0.2) is 4.98 Å². The molecule has 0 aromatic carbocycles. The minimum absolute atomic E-state index is 0.0291. The number of nitrogens with two attached hydrogens (primary N) is 1. The number of hydrogen-bond acceptors (Lipinski definition) is 3. The Morgan fingerprint density at radius 3 is 3.17 bits per heavy atom. The molecule has 3 rings (SSSR count). The molecule has 0 fully saturated rings. The number of hydrogen-bond donors (Lipinski definition) is 2. The van der Waals surface area contributed by atoms with Crippen molar-refractivity contribution in [3.63, 3.8) is 0 Å². The first-order chi connectivity index (χ1) is 8.63. The Hall–Kier alpha value is -1.88. The number of H-pyrrole nitrogens is 1. The molecule has 1 atom stereocenters. The van der Waals surface area contributed by atoms with Gasteiger partial charge in [-0.1, -0.05) is 0 Å². The van der Waals surface area contributed by atoms with E-state index in [1.807, 2.05) is 6.07 Å². The topological polar surface area (TPSA) is 76.7 Å². The SMILES string of the molecule is Cn1ccc(-c2nc3c([nH]2)CC(N)CC3)cc1=O. The molecule has 0 bridgehead atoms. The summed E-state index contributed by atoms with van der Waals surface area (Å²) in [5.74, 6) is 0.770. The molecule has 5 heteroatoms. The number of rotatable bonds is 1. The fraction of sp³-hybridized carbons (Fsp3) is 0.385. The number of aryl methyl sites for hydroxylation is 2. The number of aromatic nitrogens is 3. The van der Waals surface area contributed by atoms with Crippen LogP contribution in [-0.2, 0) is 19.9 Å². The monoisotopic (exact) mass is 244 g/mol. The van der Waals surface area contributed by atoms with Gasteiger partial charge in [0.25, 0.3) is 5.56 Å². The van der Waals surface area contributed by atoms with Crippen molar-refractivity contribution in [3.8, 4) is 11.4 Å². The van der Waals surface area contributed by atoms with E-state index in [1.54, 1.807) is 23.9 Å². The molecule has 3 N–H and O–H groups in total. The maximum absolute atomic E-state index is 11.6. The van der Waals surface area contributed by atoms with E-state index in [0.29, 0.717) is 0 Å². The van der Waals surface area contributed by atoms with Gasteiger partial charge in [0.1, 0.15) is 5.82 Å². The average molecular weight is 244 g/mol. The zero-order chi connectivity index (χ0) is 12.7. The molecule has 18 heavy (non-hydrogen) atoms. The highest BCUT2D eigenvalue weighted by molar-refractivity contribution is 5.55. The maximum Gasteiger partial charge on any atom is 0.250 e. The lowest BCUT2D eigenvalue weighted by Gasteiger charge is -2.15. The zero-order valence-corrected chi connectivity index (χ0v) is 10.3. The number of nitrogens with one attached hydrogen (secondary N) is 1. The fourth-order valence-corrected chi connectivity index (χ4v) is 2.34. The predicted molar refractivity (Wildman–Crippen MR) is 69.3 cm³/mol. The molecule has 2 aromatic rings. The number of pyridine rings is 1. The molecule has 0 spiro atoms. The molecule has 0 amide bonds. The van der Waals surface area contributed by atoms with Crippen molar-refractivity contribution in [3.05, 3.63) is 40.1 Å². The minimum Gasteiger partial charge on any atom is -0.342 e. The van der Waals surface area contributed by atoms with Crippen LogP contribution >= 0.6 is 0 Å². The van der Waals surface area contributed by atoms with E-state index in [2.05, 4.69) is 9.97 Å². The summed E-state index contributed by atoms with van der Waals surface area (Å²) < 4.78 is 1.54. The molecule has 2 aromatic heterocycles. The van der Waals surface area contributed by atoms with E-state index in [1.165, 1.54) is 0 Å². The maximum atomic E-state index is 11.6. The molecule has 0 aliphatic heterocycles. The van der Waals surface area contributed by atoms with Gasteiger partial charge in [-0.05, 0) is 18.9 Å². The molecule has 0 saturated carbocycles. The van der Waals surface area contributed by atoms with Crippen molar-refractivity contribution in [1.29, 1.82) is 0 Å². The van der Waals surface area contributed by atoms with Gasteiger partial charge in [0.15, 0.2) is 0 Å². The van der Waals surface area contributed by atoms with Crippen LogP contribution in [0.1, 0.15) is 17.8 Å². The minimum atomic E-state index is -0.0291. The average Bonchev–Trinajstić information content (AvgIpc) is 2.75. The van der Waals surface area contributed by atoms with Crippen LogP contribution in [0, 0.1) is 0 Å². The summed E-state index contributed by atoms with van der Waals surface area (Å²) >= 11 is 0. The normalized spacial score (nSPS) is 18.7. The van der Waals surface area contributed by atoms with E-state index in [0.717, 1.165) is 42.0 Å². The first kappa shape index (κ1) is 11.2. The molecule has 1 aliphatic rings. The Kier molecular flexibility index (Phi) is 2.56. The van der Waals surface area contributed by atoms with Crippen LogP contribution in [0.4, 0.5) is 0 Å². The van der Waals surface area contributed by atoms with Crippen LogP contribution in [0.2, 0.25) is 0 Å². The first-order valence-corrected chi connectivity index (χ1v) is 6.14. The lowest BCUT2D eigenvalue weighted by Crippen LogP contribution is -2.27. The second kappa shape index (κ2) is 4.10. The van der Waals surface area contributed by atoms with Crippen LogP contribution in [0.25, 0.3) is 11.4 Å². The molecule has 5 nitrogen and oxygen atoms in total. The Morgan fingerprint density at radius 2 is 2.39 bits per heavy atom. The summed E-state index contributed by atoms with van der Waals surface area (Å²) in [7, 11) is 1.73. The van der Waals surface area contributed by atoms with Crippen molar-refractivity contribution in [1.82, 2.24) is 14.5 Å². The Balaban J connectivity index is 2.02. The third kappa shape index (κ3) is 1.86. The first-order valence-electron chi connectivity index (χ1n) is 6.14. The summed E-state index contributed by atoms with van der Waals surface area (Å²) in [6.45, 7) is 0. The third-order valence-corrected chi connectivity index (χ3v) is 3.46. The van der Waals surface area contributed by atoms with Gasteiger partial charge in [0.2, 0.25) is 0 Å². The molecule has 2 heterocycles. The lowest BCUT2D eigenvalue weighted by molar-refractivity contribution is 0.565. The van der Waals surface area contributed by atoms with E-state index >= 15 is 0 Å². The summed E-state index contributed by atoms with van der Waals surface area (Å²) in [6, 6.07) is 3.71. The van der Waals surface area contributed by atoms with Gasteiger partial charge in [0.05, 0.1) is 5.69 Å². The highest BCUT2D eigenvalue weighted by atomic mass is 16.1. The Bertz CT molecular complexity index is 641. The Labute approximate surface area is 105 Å². The standard InChI is InChI=1S/C13H16N4O/c1-17-5-4-8(6-12(17)18)13-15-10-3-2-9(14)7-11(10)16-13/h4-6,9H,2-3,7,14H2,1H3,(H,15,16). The van der Waals surface area contributed by atoms with Crippen LogP contribution in [0.5, 0.6) is 0 Å². The van der Waals surface area contributed by atoms with E-state index in [9.17, 15) is 4.79 Å². The molecule has 1 unspecified atom stereocenters. The number of fused-ring (bicyclic) bond motifs is 1. The van der Waals surface area contributed by atoms with Gasteiger partial charge in [-0.2, -0.15) is 0 Å². The van der Waals surface area contributed by atoms with E-state index < -0.39 is 0 Å². The Morgan fingerprint density at radius 1 is 1.56 bits per heavy atom. The van der Waals surface area contributed by atoms with Gasteiger partial charge < -0.3 is 15.3 Å². The highest BCUT2D eigenvalue weighted by Gasteiger charge is 2.19. The molecule has 0 saturated heterocycles. The van der Waals surface area contributed by atoms with Crippen molar-refractivity contribution >= 4 is 0 Å². The van der Waals surface area contributed by atoms with Crippen molar-refractivity contribution in [2.45, 2.75) is 25.3 Å². The van der Waals surface area contributed by atoms with Gasteiger partial charge >= 0.3 is 0 Å². The molecular formula is C13H16N4O. The summed E-state index contributed by atoms with van der Waals surface area (Å²) in [4.78, 5) is 19.5. The molecule has 0 radical (unpaired) electrons. The van der Waals surface area contributed by atoms with Crippen LogP contribution in [0.3, 0.4) is 0 Å². The third-order valence-electron chi connectivity index (χ3n) is 3.46. The van der Waals surface area contributed by atoms with E-state index in [-0.39, 0.29) is 11.6 Å². The fourth-order valence-electron chi connectivity index (χ4n) is 2.34. The van der Waals surface area contributed by atoms with Crippen LogP contribution < -0.4 is 11.3 Å². The number of aromatic amines is 1. The highest BCUT2D eigenvalue weighted by Crippen LogP contribution is 2.22. The summed E-state index contributed by atoms with van der Waals surface area (Å²) in [6.07, 6.45) is 4.49. The number of nitrogens with zero attached hydrogens (tertiary/aromatic N) is 2. The predicted octanol–water partition coefficient (Wildman–Crippen LogP) is 0.591. The van der Waals surface area contributed by atoms with Crippen molar-refractivity contribution in [2.75, 3.05) is 0 Å². The smallest absolute Gasteiger partial charge is 0.250 e. The number of imidazole rings is 1. The van der Waals surface area contributed by atoms with Crippen LogP contribution in [0.15, 0.2) is 23.1 Å². The van der Waals surface area contributed by atoms with Gasteiger partial charge in [0, 0.05) is 43.0 Å². The van der Waals surface area contributed by atoms with Crippen molar-refractivity contribution < 1.29 is 0 Å². The molecular weight excluding hydrogens is 228 g/mol. The summed E-state index contributed by atoms with van der Waals surface area (Å²) in [5, 5.41) is 0. The molecule has 1 aliphatic carbocycles.